The zero-order valence-electron chi connectivity index (χ0n) is 12.2. The third-order valence-electron chi connectivity index (χ3n) is 4.64. The van der Waals surface area contributed by atoms with Crippen molar-refractivity contribution in [2.75, 3.05) is 0 Å². The summed E-state index contributed by atoms with van der Waals surface area (Å²) in [5.41, 5.74) is 1.18. The average Bonchev–Trinajstić information content (AvgIpc) is 2.78. The van der Waals surface area contributed by atoms with Gasteiger partial charge in [0.15, 0.2) is 0 Å². The first-order chi connectivity index (χ1) is 10.5. The monoisotopic (exact) mass is 294 g/mol. The highest BCUT2D eigenvalue weighted by Crippen LogP contribution is 2.36. The van der Waals surface area contributed by atoms with E-state index < -0.39 is 0 Å². The Bertz CT molecular complexity index is 885. The number of aliphatic imine (C=N–C) groups is 1. The van der Waals surface area contributed by atoms with E-state index in [1.807, 2.05) is 19.1 Å². The fourth-order valence-electron chi connectivity index (χ4n) is 3.20. The molecule has 2 atom stereocenters. The number of phenols is 1. The molecule has 4 rings (SSSR count). The Balaban J connectivity index is 2.04. The Labute approximate surface area is 126 Å². The van der Waals surface area contributed by atoms with Crippen molar-refractivity contribution in [1.82, 2.24) is 4.90 Å². The van der Waals surface area contributed by atoms with Crippen molar-refractivity contribution in [3.63, 3.8) is 0 Å². The van der Waals surface area contributed by atoms with Crippen LogP contribution in [0.15, 0.2) is 35.3 Å². The summed E-state index contributed by atoms with van der Waals surface area (Å²) < 4.78 is 0. The summed E-state index contributed by atoms with van der Waals surface area (Å²) in [5, 5.41) is 11.3. The first-order valence-electron chi connectivity index (χ1n) is 7.21. The third-order valence-corrected chi connectivity index (χ3v) is 4.64. The van der Waals surface area contributed by atoms with Crippen molar-refractivity contribution >= 4 is 28.4 Å². The van der Waals surface area contributed by atoms with Crippen LogP contribution in [0.1, 0.15) is 29.8 Å². The fourth-order valence-corrected chi connectivity index (χ4v) is 3.20. The maximum absolute atomic E-state index is 12.9. The van der Waals surface area contributed by atoms with Gasteiger partial charge in [-0.15, -0.1) is 0 Å². The molecule has 22 heavy (non-hydrogen) atoms. The van der Waals surface area contributed by atoms with Gasteiger partial charge in [-0.05, 0) is 35.9 Å². The predicted octanol–water partition coefficient (Wildman–Crippen LogP) is 2.31. The smallest absolute Gasteiger partial charge is 0.261 e. The summed E-state index contributed by atoms with van der Waals surface area (Å²) in [5.74, 6) is -0.132. The number of rotatable bonds is 0. The Morgan fingerprint density at radius 1 is 1.14 bits per heavy atom. The van der Waals surface area contributed by atoms with Gasteiger partial charge in [-0.25, -0.2) is 0 Å². The molecule has 0 radical (unpaired) electrons. The molecule has 2 aliphatic rings. The van der Waals surface area contributed by atoms with Crippen molar-refractivity contribution < 1.29 is 14.7 Å². The molecule has 1 unspecified atom stereocenters. The minimum absolute atomic E-state index is 0.109. The molecule has 5 heteroatoms. The number of benzene rings is 2. The quantitative estimate of drug-likeness (QED) is 0.810. The van der Waals surface area contributed by atoms with E-state index in [-0.39, 0.29) is 29.5 Å². The fraction of sp³-hybridized carbons (Fsp3) is 0.235. The van der Waals surface area contributed by atoms with Gasteiger partial charge in [0.2, 0.25) is 0 Å². The molecule has 0 aromatic heterocycles. The predicted molar refractivity (Wildman–Crippen MR) is 82.0 cm³/mol. The van der Waals surface area contributed by atoms with Gasteiger partial charge in [-0.1, -0.05) is 19.1 Å². The van der Waals surface area contributed by atoms with E-state index in [2.05, 4.69) is 4.99 Å². The van der Waals surface area contributed by atoms with Crippen molar-refractivity contribution in [1.29, 1.82) is 0 Å². The lowest BCUT2D eigenvalue weighted by Gasteiger charge is -2.32. The largest absolute Gasteiger partial charge is 0.508 e. The van der Waals surface area contributed by atoms with Gasteiger partial charge in [-0.2, -0.15) is 4.99 Å². The highest BCUT2D eigenvalue weighted by molar-refractivity contribution is 6.30. The summed E-state index contributed by atoms with van der Waals surface area (Å²) in [4.78, 5) is 30.6. The van der Waals surface area contributed by atoms with E-state index in [0.29, 0.717) is 22.3 Å². The van der Waals surface area contributed by atoms with Crippen molar-refractivity contribution in [3.05, 3.63) is 41.5 Å². The van der Waals surface area contributed by atoms with Crippen LogP contribution >= 0.6 is 0 Å². The maximum atomic E-state index is 12.9. The minimum Gasteiger partial charge on any atom is -0.508 e. The minimum atomic E-state index is -0.318. The molecule has 2 heterocycles. The van der Waals surface area contributed by atoms with Gasteiger partial charge in [0.25, 0.3) is 11.8 Å². The van der Waals surface area contributed by atoms with Crippen LogP contribution in [0, 0.1) is 5.92 Å². The number of aromatic hydroxyl groups is 1. The molecule has 2 aromatic carbocycles. The molecular formula is C17H14N2O3. The van der Waals surface area contributed by atoms with Crippen molar-refractivity contribution in [3.8, 4) is 5.75 Å². The number of hydrogen-bond donors (Lipinski definition) is 1. The van der Waals surface area contributed by atoms with Gasteiger partial charge >= 0.3 is 0 Å². The van der Waals surface area contributed by atoms with Crippen LogP contribution in [-0.2, 0) is 4.79 Å². The van der Waals surface area contributed by atoms with Crippen LogP contribution < -0.4 is 0 Å². The average molecular weight is 294 g/mol. The Morgan fingerprint density at radius 2 is 1.86 bits per heavy atom. The second-order valence-corrected chi connectivity index (χ2v) is 5.87. The zero-order valence-corrected chi connectivity index (χ0v) is 12.2. The highest BCUT2D eigenvalue weighted by atomic mass is 16.3. The molecule has 2 amide bonds. The van der Waals surface area contributed by atoms with Crippen LogP contribution in [0.3, 0.4) is 0 Å². The lowest BCUT2D eigenvalue weighted by atomic mass is 9.99. The van der Waals surface area contributed by atoms with E-state index in [1.165, 1.54) is 0 Å². The Morgan fingerprint density at radius 3 is 2.64 bits per heavy atom. The van der Waals surface area contributed by atoms with Gasteiger partial charge in [0, 0.05) is 11.6 Å². The third kappa shape index (κ3) is 1.51. The molecule has 2 aromatic rings. The van der Waals surface area contributed by atoms with E-state index >= 15 is 0 Å². The topological polar surface area (TPSA) is 70.0 Å². The summed E-state index contributed by atoms with van der Waals surface area (Å²) in [6.45, 7) is 3.65. The van der Waals surface area contributed by atoms with Crippen molar-refractivity contribution in [2.24, 2.45) is 10.9 Å². The summed E-state index contributed by atoms with van der Waals surface area (Å²) in [6.07, 6.45) is 0. The number of hydrogen-bond acceptors (Lipinski definition) is 3. The second-order valence-electron chi connectivity index (χ2n) is 5.87. The van der Waals surface area contributed by atoms with Gasteiger partial charge in [0.05, 0.1) is 11.5 Å². The van der Waals surface area contributed by atoms with Crippen LogP contribution in [0.25, 0.3) is 10.8 Å². The number of amides is 2. The van der Waals surface area contributed by atoms with Crippen LogP contribution in [0.4, 0.5) is 0 Å². The SMILES string of the molecule is CC1[C@H](C)C(=O)N=C2c3ccc4ccc(O)cc4c3C(=O)N21. The standard InChI is InChI=1S/C17H14N2O3/c1-8-9(2)19-15(18-16(8)21)12-6-4-10-3-5-11(20)7-13(10)14(12)17(19)22/h3-9,20H,1-2H3/t8-,9?/m0/s1. The summed E-state index contributed by atoms with van der Waals surface area (Å²) >= 11 is 0. The first kappa shape index (κ1) is 13.0. The van der Waals surface area contributed by atoms with Gasteiger partial charge in [-0.3, -0.25) is 14.5 Å². The lowest BCUT2D eigenvalue weighted by Crippen LogP contribution is -2.47. The normalized spacial score (nSPS) is 23.5. The van der Waals surface area contributed by atoms with Gasteiger partial charge < -0.3 is 5.11 Å². The highest BCUT2D eigenvalue weighted by Gasteiger charge is 2.44. The number of carbonyl (C=O) groups excluding carboxylic acids is 2. The molecule has 0 fully saturated rings. The van der Waals surface area contributed by atoms with Crippen LogP contribution in [-0.4, -0.2) is 33.7 Å². The molecular weight excluding hydrogens is 280 g/mol. The Hall–Kier alpha value is -2.69. The lowest BCUT2D eigenvalue weighted by molar-refractivity contribution is -0.122. The molecule has 0 spiro atoms. The first-order valence-corrected chi connectivity index (χ1v) is 7.21. The van der Waals surface area contributed by atoms with E-state index in [0.717, 1.165) is 5.39 Å². The van der Waals surface area contributed by atoms with E-state index in [9.17, 15) is 14.7 Å². The number of phenolic OH excluding ortho intramolecular Hbond substituents is 1. The van der Waals surface area contributed by atoms with Crippen LogP contribution in [0.2, 0.25) is 0 Å². The molecule has 110 valence electrons. The van der Waals surface area contributed by atoms with E-state index in [1.54, 1.807) is 30.0 Å². The van der Waals surface area contributed by atoms with Crippen LogP contribution in [0.5, 0.6) is 5.75 Å². The molecule has 0 saturated carbocycles. The molecule has 0 aliphatic carbocycles. The number of fused-ring (bicyclic) bond motifs is 5. The molecule has 2 aliphatic heterocycles. The summed E-state index contributed by atoms with van der Waals surface area (Å²) in [7, 11) is 0. The Kier molecular flexibility index (Phi) is 2.46. The van der Waals surface area contributed by atoms with Crippen molar-refractivity contribution in [2.45, 2.75) is 19.9 Å². The second kappa shape index (κ2) is 4.16. The van der Waals surface area contributed by atoms with Gasteiger partial charge in [0.1, 0.15) is 11.6 Å². The molecule has 0 saturated heterocycles. The number of nitrogens with zero attached hydrogens (tertiary/aromatic N) is 2. The number of carbonyl (C=O) groups is 2. The summed E-state index contributed by atoms with van der Waals surface area (Å²) in [6, 6.07) is 8.41. The maximum Gasteiger partial charge on any atom is 0.261 e. The molecule has 0 bridgehead atoms. The zero-order chi connectivity index (χ0) is 15.6. The van der Waals surface area contributed by atoms with E-state index in [4.69, 9.17) is 0 Å². The molecule has 1 N–H and O–H groups in total. The number of amidine groups is 1. The molecule has 5 nitrogen and oxygen atoms in total.